The quantitative estimate of drug-likeness (QED) is 0.710. The first kappa shape index (κ1) is 16.1. The lowest BCUT2D eigenvalue weighted by molar-refractivity contribution is 0.0952. The molecule has 0 aliphatic carbocycles. The Bertz CT molecular complexity index is 821. The molecule has 0 saturated heterocycles. The molecule has 0 aliphatic rings. The smallest absolute Gasteiger partial charge is 0.252 e. The largest absolute Gasteiger partial charge is 0.363 e. The van der Waals surface area contributed by atoms with Gasteiger partial charge in [0.25, 0.3) is 5.91 Å². The Morgan fingerprint density at radius 2 is 2.00 bits per heavy atom. The monoisotopic (exact) mass is 322 g/mol. The van der Waals surface area contributed by atoms with Gasteiger partial charge >= 0.3 is 0 Å². The molecule has 5 nitrogen and oxygen atoms in total. The number of anilines is 1. The average molecular weight is 322 g/mol. The summed E-state index contributed by atoms with van der Waals surface area (Å²) >= 11 is 0. The molecule has 0 fully saturated rings. The summed E-state index contributed by atoms with van der Waals surface area (Å²) in [6.45, 7) is 1.52. The third kappa shape index (κ3) is 3.56. The lowest BCUT2D eigenvalue weighted by atomic mass is 10.2. The molecule has 3 aromatic rings. The predicted molar refractivity (Wildman–Crippen MR) is 97.5 cm³/mol. The van der Waals surface area contributed by atoms with E-state index < -0.39 is 0 Å². The number of aryl methyl sites for hydroxylation is 1. The topological polar surface area (TPSA) is 50.2 Å². The fraction of sp³-hybridized carbons (Fsp3) is 0.263. The molecule has 1 aromatic carbocycles. The summed E-state index contributed by atoms with van der Waals surface area (Å²) in [5.41, 5.74) is 1.82. The third-order valence-electron chi connectivity index (χ3n) is 4.01. The molecule has 0 radical (unpaired) electrons. The minimum atomic E-state index is -0.0785. The molecule has 0 atom stereocenters. The number of para-hydroxylation sites is 1. The van der Waals surface area contributed by atoms with Crippen molar-refractivity contribution in [3.8, 4) is 0 Å². The van der Waals surface area contributed by atoms with Crippen LogP contribution in [0.15, 0.2) is 54.9 Å². The van der Waals surface area contributed by atoms with Gasteiger partial charge in [-0.2, -0.15) is 0 Å². The number of amides is 1. The van der Waals surface area contributed by atoms with Gasteiger partial charge in [-0.3, -0.25) is 4.79 Å². The Morgan fingerprint density at radius 1 is 1.17 bits per heavy atom. The number of fused-ring (bicyclic) bond motifs is 1. The molecule has 0 saturated carbocycles. The van der Waals surface area contributed by atoms with Crippen molar-refractivity contribution >= 4 is 22.6 Å². The SMILES string of the molecule is CN(C)c1ccc(C(=O)NCCCn2ccc3ccccc32)cn1. The van der Waals surface area contributed by atoms with Crippen LogP contribution in [-0.2, 0) is 6.54 Å². The van der Waals surface area contributed by atoms with Crippen LogP contribution < -0.4 is 10.2 Å². The van der Waals surface area contributed by atoms with E-state index in [9.17, 15) is 4.79 Å². The molecule has 2 aromatic heterocycles. The molecule has 0 spiro atoms. The lowest BCUT2D eigenvalue weighted by Gasteiger charge is -2.11. The van der Waals surface area contributed by atoms with E-state index in [4.69, 9.17) is 0 Å². The molecule has 0 aliphatic heterocycles. The number of rotatable bonds is 6. The van der Waals surface area contributed by atoms with Crippen LogP contribution in [0.5, 0.6) is 0 Å². The summed E-state index contributed by atoms with van der Waals surface area (Å²) in [6.07, 6.45) is 4.59. The maximum atomic E-state index is 12.1. The van der Waals surface area contributed by atoms with Gasteiger partial charge in [0.05, 0.1) is 5.56 Å². The van der Waals surface area contributed by atoms with E-state index in [-0.39, 0.29) is 5.91 Å². The minimum absolute atomic E-state index is 0.0785. The number of carbonyl (C=O) groups excluding carboxylic acids is 1. The van der Waals surface area contributed by atoms with Crippen LogP contribution in [0.4, 0.5) is 5.82 Å². The van der Waals surface area contributed by atoms with E-state index in [1.54, 1.807) is 12.3 Å². The van der Waals surface area contributed by atoms with Crippen molar-refractivity contribution in [1.82, 2.24) is 14.9 Å². The molecule has 2 heterocycles. The summed E-state index contributed by atoms with van der Waals surface area (Å²) < 4.78 is 2.22. The van der Waals surface area contributed by atoms with Crippen molar-refractivity contribution in [1.29, 1.82) is 0 Å². The number of hydrogen-bond donors (Lipinski definition) is 1. The first-order valence-corrected chi connectivity index (χ1v) is 8.10. The van der Waals surface area contributed by atoms with Crippen molar-refractivity contribution in [3.05, 3.63) is 60.4 Å². The predicted octanol–water partition coefficient (Wildman–Crippen LogP) is 2.92. The van der Waals surface area contributed by atoms with E-state index >= 15 is 0 Å². The van der Waals surface area contributed by atoms with Crippen LogP contribution in [-0.4, -0.2) is 36.1 Å². The highest BCUT2D eigenvalue weighted by atomic mass is 16.1. The third-order valence-corrected chi connectivity index (χ3v) is 4.01. The lowest BCUT2D eigenvalue weighted by Crippen LogP contribution is -2.25. The van der Waals surface area contributed by atoms with Crippen LogP contribution in [0.3, 0.4) is 0 Å². The van der Waals surface area contributed by atoms with Gasteiger partial charge in [0.2, 0.25) is 0 Å². The van der Waals surface area contributed by atoms with E-state index in [1.165, 1.54) is 10.9 Å². The number of hydrogen-bond acceptors (Lipinski definition) is 3. The average Bonchev–Trinajstić information content (AvgIpc) is 3.02. The number of carbonyl (C=O) groups is 1. The first-order chi connectivity index (χ1) is 11.6. The van der Waals surface area contributed by atoms with Gasteiger partial charge in [-0.05, 0) is 36.1 Å². The van der Waals surface area contributed by atoms with Crippen molar-refractivity contribution in [2.75, 3.05) is 25.5 Å². The van der Waals surface area contributed by atoms with Gasteiger partial charge in [0.1, 0.15) is 5.82 Å². The van der Waals surface area contributed by atoms with Gasteiger partial charge in [-0.25, -0.2) is 4.98 Å². The second kappa shape index (κ2) is 7.17. The van der Waals surface area contributed by atoms with Gasteiger partial charge in [-0.1, -0.05) is 18.2 Å². The highest BCUT2D eigenvalue weighted by Gasteiger charge is 2.06. The Labute approximate surface area is 141 Å². The molecule has 1 N–H and O–H groups in total. The number of nitrogens with one attached hydrogen (secondary N) is 1. The normalized spacial score (nSPS) is 10.8. The summed E-state index contributed by atoms with van der Waals surface area (Å²) in [5, 5.41) is 4.20. The molecule has 0 bridgehead atoms. The Morgan fingerprint density at radius 3 is 2.75 bits per heavy atom. The highest BCUT2D eigenvalue weighted by Crippen LogP contribution is 2.15. The van der Waals surface area contributed by atoms with Crippen LogP contribution in [0.2, 0.25) is 0 Å². The second-order valence-corrected chi connectivity index (χ2v) is 5.98. The number of pyridine rings is 1. The van der Waals surface area contributed by atoms with Gasteiger partial charge in [0, 0.05) is 45.1 Å². The van der Waals surface area contributed by atoms with Crippen LogP contribution in [0.25, 0.3) is 10.9 Å². The number of aromatic nitrogens is 2. The fourth-order valence-electron chi connectivity index (χ4n) is 2.67. The molecule has 124 valence electrons. The van der Waals surface area contributed by atoms with Crippen LogP contribution in [0, 0.1) is 0 Å². The van der Waals surface area contributed by atoms with Crippen LogP contribution in [0.1, 0.15) is 16.8 Å². The van der Waals surface area contributed by atoms with Crippen molar-refractivity contribution in [2.45, 2.75) is 13.0 Å². The van der Waals surface area contributed by atoms with Gasteiger partial charge < -0.3 is 14.8 Å². The van der Waals surface area contributed by atoms with E-state index in [2.05, 4.69) is 39.3 Å². The van der Waals surface area contributed by atoms with E-state index in [0.29, 0.717) is 12.1 Å². The first-order valence-electron chi connectivity index (χ1n) is 8.10. The second-order valence-electron chi connectivity index (χ2n) is 5.98. The Hall–Kier alpha value is -2.82. The summed E-state index contributed by atoms with van der Waals surface area (Å²) in [6, 6.07) is 14.1. The minimum Gasteiger partial charge on any atom is -0.363 e. The molecule has 3 rings (SSSR count). The molecule has 24 heavy (non-hydrogen) atoms. The van der Waals surface area contributed by atoms with Gasteiger partial charge in [0.15, 0.2) is 0 Å². The molecular weight excluding hydrogens is 300 g/mol. The summed E-state index contributed by atoms with van der Waals surface area (Å²) in [7, 11) is 3.85. The van der Waals surface area contributed by atoms with E-state index in [0.717, 1.165) is 18.8 Å². The van der Waals surface area contributed by atoms with E-state index in [1.807, 2.05) is 37.2 Å². The standard InChI is InChI=1S/C19H22N4O/c1-22(2)18-9-8-16(14-21-18)19(24)20-11-5-12-23-13-10-15-6-3-4-7-17(15)23/h3-4,6-10,13-14H,5,11-12H2,1-2H3,(H,20,24). The molecule has 5 heteroatoms. The highest BCUT2D eigenvalue weighted by molar-refractivity contribution is 5.94. The molecule has 0 unspecified atom stereocenters. The zero-order valence-corrected chi connectivity index (χ0v) is 14.1. The van der Waals surface area contributed by atoms with Crippen LogP contribution >= 0.6 is 0 Å². The van der Waals surface area contributed by atoms with Crippen molar-refractivity contribution in [3.63, 3.8) is 0 Å². The number of nitrogens with zero attached hydrogens (tertiary/aromatic N) is 3. The Kier molecular flexibility index (Phi) is 4.79. The molecule has 1 amide bonds. The van der Waals surface area contributed by atoms with Gasteiger partial charge in [-0.15, -0.1) is 0 Å². The summed E-state index contributed by atoms with van der Waals surface area (Å²) in [5.74, 6) is 0.760. The van der Waals surface area contributed by atoms with Crippen molar-refractivity contribution < 1.29 is 4.79 Å². The zero-order valence-electron chi connectivity index (χ0n) is 14.1. The maximum absolute atomic E-state index is 12.1. The fourth-order valence-corrected chi connectivity index (χ4v) is 2.67. The maximum Gasteiger partial charge on any atom is 0.252 e. The zero-order chi connectivity index (χ0) is 16.9. The summed E-state index contributed by atoms with van der Waals surface area (Å²) in [4.78, 5) is 18.3. The number of benzene rings is 1. The van der Waals surface area contributed by atoms with Crippen molar-refractivity contribution in [2.24, 2.45) is 0 Å². The molecular formula is C19H22N4O. The Balaban J connectivity index is 1.50.